The third-order valence-corrected chi connectivity index (χ3v) is 3.75. The molecular weight excluding hydrogens is 282 g/mol. The fraction of sp³-hybridized carbons (Fsp3) is 0.562. The molecule has 2 rings (SSSR count). The lowest BCUT2D eigenvalue weighted by atomic mass is 9.95. The molecule has 0 spiro atoms. The number of aromatic nitrogens is 1. The first-order chi connectivity index (χ1) is 10.6. The summed E-state index contributed by atoms with van der Waals surface area (Å²) in [5.41, 5.74) is 1.20. The van der Waals surface area contributed by atoms with Gasteiger partial charge < -0.3 is 15.4 Å². The van der Waals surface area contributed by atoms with Crippen LogP contribution in [0.2, 0.25) is 0 Å². The topological polar surface area (TPSA) is 80.3 Å². The number of rotatable bonds is 7. The van der Waals surface area contributed by atoms with Crippen molar-refractivity contribution in [1.29, 1.82) is 0 Å². The van der Waals surface area contributed by atoms with E-state index in [9.17, 15) is 9.59 Å². The van der Waals surface area contributed by atoms with Gasteiger partial charge in [-0.1, -0.05) is 0 Å². The number of nitrogens with one attached hydrogen (secondary N) is 2. The van der Waals surface area contributed by atoms with Crippen LogP contribution in [-0.4, -0.2) is 42.6 Å². The fourth-order valence-corrected chi connectivity index (χ4v) is 2.57. The number of hydrogen-bond acceptors (Lipinski definition) is 4. The van der Waals surface area contributed by atoms with E-state index in [0.717, 1.165) is 6.42 Å². The van der Waals surface area contributed by atoms with Gasteiger partial charge in [0.2, 0.25) is 11.8 Å². The van der Waals surface area contributed by atoms with Gasteiger partial charge in [-0.2, -0.15) is 0 Å². The van der Waals surface area contributed by atoms with Crippen LogP contribution in [0.1, 0.15) is 25.3 Å². The van der Waals surface area contributed by atoms with Gasteiger partial charge >= 0.3 is 0 Å². The molecule has 1 aromatic rings. The molecule has 22 heavy (non-hydrogen) atoms. The Kier molecular flexibility index (Phi) is 6.33. The lowest BCUT2D eigenvalue weighted by Gasteiger charge is -2.19. The van der Waals surface area contributed by atoms with Gasteiger partial charge in [0.05, 0.1) is 19.3 Å². The molecular formula is C16H23N3O3. The first-order valence-electron chi connectivity index (χ1n) is 7.65. The maximum atomic E-state index is 12.0. The molecule has 1 aromatic heterocycles. The van der Waals surface area contributed by atoms with Crippen LogP contribution in [0.15, 0.2) is 24.5 Å². The van der Waals surface area contributed by atoms with Gasteiger partial charge in [0.1, 0.15) is 0 Å². The average molecular weight is 305 g/mol. The molecule has 0 bridgehead atoms. The van der Waals surface area contributed by atoms with Crippen LogP contribution in [0, 0.1) is 5.92 Å². The molecule has 2 atom stereocenters. The van der Waals surface area contributed by atoms with E-state index in [-0.39, 0.29) is 17.9 Å². The van der Waals surface area contributed by atoms with E-state index in [1.807, 2.05) is 12.1 Å². The molecule has 1 aliphatic heterocycles. The van der Waals surface area contributed by atoms with Crippen molar-refractivity contribution in [2.24, 2.45) is 5.92 Å². The Balaban J connectivity index is 1.73. The van der Waals surface area contributed by atoms with Gasteiger partial charge in [0.25, 0.3) is 0 Å². The third-order valence-electron chi connectivity index (χ3n) is 3.75. The molecule has 0 radical (unpaired) electrons. The molecule has 6 heteroatoms. The second-order valence-electron chi connectivity index (χ2n) is 5.62. The van der Waals surface area contributed by atoms with Crippen LogP contribution in [0.5, 0.6) is 0 Å². The van der Waals surface area contributed by atoms with Crippen molar-refractivity contribution < 1.29 is 14.3 Å². The Hall–Kier alpha value is -1.95. The minimum absolute atomic E-state index is 0.0144. The van der Waals surface area contributed by atoms with Crippen LogP contribution in [0.25, 0.3) is 0 Å². The molecule has 2 heterocycles. The Morgan fingerprint density at radius 1 is 1.32 bits per heavy atom. The molecule has 2 N–H and O–H groups in total. The highest BCUT2D eigenvalue weighted by Crippen LogP contribution is 2.19. The zero-order valence-corrected chi connectivity index (χ0v) is 12.9. The summed E-state index contributed by atoms with van der Waals surface area (Å²) in [6, 6.07) is 4.04. The number of carbonyl (C=O) groups is 2. The Morgan fingerprint density at radius 3 is 2.82 bits per heavy atom. The van der Waals surface area contributed by atoms with Gasteiger partial charge in [-0.05, 0) is 30.5 Å². The summed E-state index contributed by atoms with van der Waals surface area (Å²) in [6.07, 6.45) is 5.49. The molecule has 1 saturated heterocycles. The van der Waals surface area contributed by atoms with Crippen molar-refractivity contribution in [1.82, 2.24) is 15.6 Å². The zero-order chi connectivity index (χ0) is 15.8. The number of pyridine rings is 1. The Morgan fingerprint density at radius 2 is 2.09 bits per heavy atom. The highest BCUT2D eigenvalue weighted by Gasteiger charge is 2.29. The van der Waals surface area contributed by atoms with Crippen LogP contribution in [-0.2, 0) is 20.7 Å². The lowest BCUT2D eigenvalue weighted by molar-refractivity contribution is -0.123. The number of hydrogen-bond donors (Lipinski definition) is 2. The van der Waals surface area contributed by atoms with Crippen molar-refractivity contribution in [2.45, 2.75) is 32.2 Å². The highest BCUT2D eigenvalue weighted by atomic mass is 16.5. The minimum atomic E-state index is -0.0676. The van der Waals surface area contributed by atoms with E-state index < -0.39 is 0 Å². The molecule has 6 nitrogen and oxygen atoms in total. The first kappa shape index (κ1) is 16.4. The van der Waals surface area contributed by atoms with Crippen molar-refractivity contribution in [2.75, 3.05) is 19.8 Å². The Bertz CT molecular complexity index is 493. The predicted molar refractivity (Wildman–Crippen MR) is 82.1 cm³/mol. The Labute approximate surface area is 130 Å². The molecule has 1 aliphatic rings. The number of carbonyl (C=O) groups excluding carboxylic acids is 2. The van der Waals surface area contributed by atoms with E-state index in [2.05, 4.69) is 15.6 Å². The molecule has 0 unspecified atom stereocenters. The second-order valence-corrected chi connectivity index (χ2v) is 5.62. The maximum absolute atomic E-state index is 12.0. The summed E-state index contributed by atoms with van der Waals surface area (Å²) in [6.45, 7) is 3.23. The zero-order valence-electron chi connectivity index (χ0n) is 12.9. The molecule has 2 amide bonds. The largest absolute Gasteiger partial charge is 0.379 e. The standard InChI is InChI=1S/C16H23N3O3/c1-12(20)18-6-2-3-16(21)19-15-11-22-10-14(15)9-13-4-7-17-8-5-13/h4-5,7-8,14-15H,2-3,6,9-11H2,1H3,(H,18,20)(H,19,21)/t14-,15+/m1/s1. The number of nitrogens with zero attached hydrogens (tertiary/aromatic N) is 1. The molecule has 0 aliphatic carbocycles. The van der Waals surface area contributed by atoms with Crippen molar-refractivity contribution in [3.05, 3.63) is 30.1 Å². The van der Waals surface area contributed by atoms with Crippen molar-refractivity contribution in [3.63, 3.8) is 0 Å². The van der Waals surface area contributed by atoms with E-state index in [1.54, 1.807) is 12.4 Å². The fourth-order valence-electron chi connectivity index (χ4n) is 2.57. The van der Waals surface area contributed by atoms with Crippen LogP contribution in [0.3, 0.4) is 0 Å². The number of ether oxygens (including phenoxy) is 1. The van der Waals surface area contributed by atoms with Crippen LogP contribution < -0.4 is 10.6 Å². The van der Waals surface area contributed by atoms with Gasteiger partial charge in [-0.25, -0.2) is 0 Å². The smallest absolute Gasteiger partial charge is 0.220 e. The number of amides is 2. The summed E-state index contributed by atoms with van der Waals surface area (Å²) in [4.78, 5) is 26.7. The van der Waals surface area contributed by atoms with Gasteiger partial charge in [0, 0.05) is 38.2 Å². The highest BCUT2D eigenvalue weighted by molar-refractivity contribution is 5.76. The van der Waals surface area contributed by atoms with Gasteiger partial charge in [-0.15, -0.1) is 0 Å². The van der Waals surface area contributed by atoms with Gasteiger partial charge in [-0.3, -0.25) is 14.6 Å². The second kappa shape index (κ2) is 8.48. The average Bonchev–Trinajstić information content (AvgIpc) is 2.91. The van der Waals surface area contributed by atoms with Gasteiger partial charge in [0.15, 0.2) is 0 Å². The van der Waals surface area contributed by atoms with Crippen LogP contribution >= 0.6 is 0 Å². The van der Waals surface area contributed by atoms with Crippen molar-refractivity contribution in [3.8, 4) is 0 Å². The molecule has 0 aromatic carbocycles. The lowest BCUT2D eigenvalue weighted by Crippen LogP contribution is -2.40. The third kappa shape index (κ3) is 5.44. The van der Waals surface area contributed by atoms with E-state index in [0.29, 0.717) is 38.5 Å². The molecule has 120 valence electrons. The predicted octanol–water partition coefficient (Wildman–Crippen LogP) is 0.672. The molecule has 0 saturated carbocycles. The normalized spacial score (nSPS) is 20.6. The molecule has 1 fully saturated rings. The summed E-state index contributed by atoms with van der Waals surface area (Å²) in [7, 11) is 0. The van der Waals surface area contributed by atoms with Crippen LogP contribution in [0.4, 0.5) is 0 Å². The maximum Gasteiger partial charge on any atom is 0.220 e. The summed E-state index contributed by atoms with van der Waals surface area (Å²) in [5, 5.41) is 5.73. The first-order valence-corrected chi connectivity index (χ1v) is 7.65. The monoisotopic (exact) mass is 305 g/mol. The van der Waals surface area contributed by atoms with E-state index in [1.165, 1.54) is 12.5 Å². The summed E-state index contributed by atoms with van der Waals surface area (Å²) in [5.74, 6) is 0.240. The summed E-state index contributed by atoms with van der Waals surface area (Å²) >= 11 is 0. The quantitative estimate of drug-likeness (QED) is 0.726. The van der Waals surface area contributed by atoms with E-state index in [4.69, 9.17) is 4.74 Å². The van der Waals surface area contributed by atoms with Crippen molar-refractivity contribution >= 4 is 11.8 Å². The minimum Gasteiger partial charge on any atom is -0.379 e. The summed E-state index contributed by atoms with van der Waals surface area (Å²) < 4.78 is 5.51. The van der Waals surface area contributed by atoms with E-state index >= 15 is 0 Å². The SMILES string of the molecule is CC(=O)NCCCC(=O)N[C@H]1COC[C@H]1Cc1ccncc1.